The van der Waals surface area contributed by atoms with Gasteiger partial charge in [0.2, 0.25) is 0 Å². The van der Waals surface area contributed by atoms with Crippen molar-refractivity contribution in [2.75, 3.05) is 0 Å². The minimum atomic E-state index is -4.45. The van der Waals surface area contributed by atoms with E-state index < -0.39 is 23.5 Å². The summed E-state index contributed by atoms with van der Waals surface area (Å²) in [6.07, 6.45) is -7.19. The molecule has 4 rings (SSSR count). The zero-order valence-electron chi connectivity index (χ0n) is 14.2. The summed E-state index contributed by atoms with van der Waals surface area (Å²) in [5.74, 6) is 0. The second kappa shape index (κ2) is 6.26. The zero-order valence-corrected chi connectivity index (χ0v) is 14.2. The SMILES string of the molecule is FC(F)(F)c1ccc(/C=C2/c3ccccc3-c3cc(C(F)(F)F)ccc32)cc1. The summed E-state index contributed by atoms with van der Waals surface area (Å²) in [4.78, 5) is 0. The first-order chi connectivity index (χ1) is 13.1. The van der Waals surface area contributed by atoms with Crippen LogP contribution in [0.5, 0.6) is 0 Å². The van der Waals surface area contributed by atoms with Gasteiger partial charge in [-0.2, -0.15) is 26.3 Å². The van der Waals surface area contributed by atoms with Crippen molar-refractivity contribution in [3.63, 3.8) is 0 Å². The van der Waals surface area contributed by atoms with Gasteiger partial charge in [-0.1, -0.05) is 42.5 Å². The monoisotopic (exact) mass is 390 g/mol. The van der Waals surface area contributed by atoms with Crippen LogP contribution >= 0.6 is 0 Å². The quantitative estimate of drug-likeness (QED) is 0.299. The molecule has 0 heterocycles. The third-order valence-electron chi connectivity index (χ3n) is 4.69. The highest BCUT2D eigenvalue weighted by atomic mass is 19.4. The predicted molar refractivity (Wildman–Crippen MR) is 95.3 cm³/mol. The molecule has 0 amide bonds. The van der Waals surface area contributed by atoms with E-state index in [0.717, 1.165) is 29.8 Å². The summed E-state index contributed by atoms with van der Waals surface area (Å²) >= 11 is 0. The highest BCUT2D eigenvalue weighted by Gasteiger charge is 2.33. The van der Waals surface area contributed by atoms with E-state index in [1.165, 1.54) is 18.2 Å². The summed E-state index contributed by atoms with van der Waals surface area (Å²) in [6, 6.07) is 15.3. The first-order valence-corrected chi connectivity index (χ1v) is 8.35. The number of hydrogen-bond donors (Lipinski definition) is 0. The Hall–Kier alpha value is -3.02. The molecule has 0 N–H and O–H groups in total. The average molecular weight is 390 g/mol. The van der Waals surface area contributed by atoms with Gasteiger partial charge in [-0.05, 0) is 63.7 Å². The molecule has 0 bridgehead atoms. The lowest BCUT2D eigenvalue weighted by molar-refractivity contribution is -0.138. The van der Waals surface area contributed by atoms with Crippen LogP contribution in [-0.2, 0) is 12.4 Å². The van der Waals surface area contributed by atoms with Crippen molar-refractivity contribution in [1.82, 2.24) is 0 Å². The normalized spacial score (nSPS) is 14.9. The molecule has 0 nitrogen and oxygen atoms in total. The predicted octanol–water partition coefficient (Wildman–Crippen LogP) is 7.29. The van der Waals surface area contributed by atoms with Gasteiger partial charge < -0.3 is 0 Å². The van der Waals surface area contributed by atoms with Crippen LogP contribution in [0.2, 0.25) is 0 Å². The minimum absolute atomic E-state index is 0.462. The molecular weight excluding hydrogens is 378 g/mol. The van der Waals surface area contributed by atoms with E-state index in [4.69, 9.17) is 0 Å². The van der Waals surface area contributed by atoms with Crippen molar-refractivity contribution >= 4 is 11.6 Å². The van der Waals surface area contributed by atoms with Crippen LogP contribution in [0.4, 0.5) is 26.3 Å². The van der Waals surface area contributed by atoms with Gasteiger partial charge in [0, 0.05) is 0 Å². The molecule has 0 unspecified atom stereocenters. The van der Waals surface area contributed by atoms with Crippen molar-refractivity contribution in [2.24, 2.45) is 0 Å². The molecule has 0 saturated carbocycles. The van der Waals surface area contributed by atoms with Gasteiger partial charge in [-0.15, -0.1) is 0 Å². The standard InChI is InChI=1S/C22H12F6/c23-21(24,25)14-7-5-13(6-8-14)11-19-16-3-1-2-4-17(16)20-12-15(22(26,27)28)9-10-18(19)20/h1-12H/b19-11-. The summed E-state index contributed by atoms with van der Waals surface area (Å²) in [7, 11) is 0. The van der Waals surface area contributed by atoms with Crippen LogP contribution in [0.15, 0.2) is 66.7 Å². The summed E-state index contributed by atoms with van der Waals surface area (Å²) < 4.78 is 77.5. The van der Waals surface area contributed by atoms with E-state index in [2.05, 4.69) is 0 Å². The summed E-state index contributed by atoms with van der Waals surface area (Å²) in [5, 5.41) is 0. The van der Waals surface area contributed by atoms with E-state index in [-0.39, 0.29) is 0 Å². The fourth-order valence-corrected chi connectivity index (χ4v) is 3.37. The van der Waals surface area contributed by atoms with Crippen LogP contribution in [0, 0.1) is 0 Å². The Morgan fingerprint density at radius 3 is 1.68 bits per heavy atom. The zero-order chi connectivity index (χ0) is 20.1. The van der Waals surface area contributed by atoms with Gasteiger partial charge in [-0.3, -0.25) is 0 Å². The van der Waals surface area contributed by atoms with E-state index in [0.29, 0.717) is 27.8 Å². The van der Waals surface area contributed by atoms with Crippen molar-refractivity contribution in [3.8, 4) is 11.1 Å². The minimum Gasteiger partial charge on any atom is -0.166 e. The van der Waals surface area contributed by atoms with E-state index in [9.17, 15) is 26.3 Å². The maximum Gasteiger partial charge on any atom is 0.416 e. The van der Waals surface area contributed by atoms with E-state index in [1.807, 2.05) is 0 Å². The fraction of sp³-hybridized carbons (Fsp3) is 0.0909. The maximum absolute atomic E-state index is 13.1. The molecule has 0 saturated heterocycles. The molecule has 0 atom stereocenters. The van der Waals surface area contributed by atoms with Crippen LogP contribution in [0.25, 0.3) is 22.8 Å². The molecule has 6 heteroatoms. The number of halogens is 6. The van der Waals surface area contributed by atoms with Crippen molar-refractivity contribution < 1.29 is 26.3 Å². The lowest BCUT2D eigenvalue weighted by atomic mass is 9.99. The Balaban J connectivity index is 1.84. The molecule has 0 fully saturated rings. The second-order valence-electron chi connectivity index (χ2n) is 6.48. The third kappa shape index (κ3) is 3.19. The Labute approximate surface area is 156 Å². The molecular formula is C22H12F6. The first kappa shape index (κ1) is 18.3. The van der Waals surface area contributed by atoms with Crippen LogP contribution in [0.1, 0.15) is 27.8 Å². The number of fused-ring (bicyclic) bond motifs is 3. The molecule has 3 aromatic rings. The van der Waals surface area contributed by atoms with Crippen LogP contribution in [0.3, 0.4) is 0 Å². The second-order valence-corrected chi connectivity index (χ2v) is 6.48. The Kier molecular flexibility index (Phi) is 4.10. The van der Waals surface area contributed by atoms with Crippen molar-refractivity contribution in [1.29, 1.82) is 0 Å². The van der Waals surface area contributed by atoms with E-state index >= 15 is 0 Å². The van der Waals surface area contributed by atoms with Crippen molar-refractivity contribution in [2.45, 2.75) is 12.4 Å². The van der Waals surface area contributed by atoms with Gasteiger partial charge in [0.15, 0.2) is 0 Å². The van der Waals surface area contributed by atoms with Gasteiger partial charge in [0.1, 0.15) is 0 Å². The summed E-state index contributed by atoms with van der Waals surface area (Å²) in [6.45, 7) is 0. The molecule has 0 aliphatic heterocycles. The molecule has 28 heavy (non-hydrogen) atoms. The molecule has 142 valence electrons. The number of benzene rings is 3. The highest BCUT2D eigenvalue weighted by Crippen LogP contribution is 2.46. The maximum atomic E-state index is 13.1. The largest absolute Gasteiger partial charge is 0.416 e. The fourth-order valence-electron chi connectivity index (χ4n) is 3.37. The van der Waals surface area contributed by atoms with Gasteiger partial charge >= 0.3 is 12.4 Å². The lowest BCUT2D eigenvalue weighted by Gasteiger charge is -2.09. The van der Waals surface area contributed by atoms with Gasteiger partial charge in [0.05, 0.1) is 11.1 Å². The average Bonchev–Trinajstić information content (AvgIpc) is 2.94. The lowest BCUT2D eigenvalue weighted by Crippen LogP contribution is -2.04. The highest BCUT2D eigenvalue weighted by molar-refractivity contribution is 6.06. The van der Waals surface area contributed by atoms with Crippen LogP contribution in [-0.4, -0.2) is 0 Å². The molecule has 1 aliphatic rings. The number of rotatable bonds is 1. The summed E-state index contributed by atoms with van der Waals surface area (Å²) in [5.41, 5.74) is 2.22. The molecule has 0 aromatic heterocycles. The number of hydrogen-bond acceptors (Lipinski definition) is 0. The topological polar surface area (TPSA) is 0 Å². The van der Waals surface area contributed by atoms with Crippen molar-refractivity contribution in [3.05, 3.63) is 94.5 Å². The molecule has 3 aromatic carbocycles. The van der Waals surface area contributed by atoms with Gasteiger partial charge in [-0.25, -0.2) is 0 Å². The molecule has 0 spiro atoms. The van der Waals surface area contributed by atoms with E-state index in [1.54, 1.807) is 30.3 Å². The van der Waals surface area contributed by atoms with Gasteiger partial charge in [0.25, 0.3) is 0 Å². The van der Waals surface area contributed by atoms with Crippen LogP contribution < -0.4 is 0 Å². The third-order valence-corrected chi connectivity index (χ3v) is 4.69. The Bertz CT molecular complexity index is 1070. The Morgan fingerprint density at radius 2 is 1.07 bits per heavy atom. The Morgan fingerprint density at radius 1 is 0.536 bits per heavy atom. The smallest absolute Gasteiger partial charge is 0.166 e. The number of alkyl halides is 6. The first-order valence-electron chi connectivity index (χ1n) is 8.35. The molecule has 1 aliphatic carbocycles. The molecule has 0 radical (unpaired) electrons.